The molecule has 0 saturated heterocycles. The van der Waals surface area contributed by atoms with Gasteiger partial charge >= 0.3 is 5.97 Å². The molecule has 1 amide bonds. The maximum Gasteiger partial charge on any atom is 0.350 e. The Bertz CT molecular complexity index is 1120. The summed E-state index contributed by atoms with van der Waals surface area (Å²) in [6, 6.07) is 5.99. The van der Waals surface area contributed by atoms with Gasteiger partial charge in [0.05, 0.1) is 24.5 Å². The van der Waals surface area contributed by atoms with E-state index in [0.29, 0.717) is 22.1 Å². The van der Waals surface area contributed by atoms with Gasteiger partial charge in [0, 0.05) is 19.2 Å². The minimum atomic E-state index is -0.454. The first-order valence-electron chi connectivity index (χ1n) is 10.4. The number of carbonyl (C=O) groups excluding carboxylic acids is 2. The third-order valence-corrected chi connectivity index (χ3v) is 6.44. The molecule has 0 radical (unpaired) electrons. The van der Waals surface area contributed by atoms with E-state index in [4.69, 9.17) is 4.74 Å². The Labute approximate surface area is 190 Å². The molecule has 0 saturated carbocycles. The van der Waals surface area contributed by atoms with E-state index in [1.54, 1.807) is 35.6 Å². The van der Waals surface area contributed by atoms with Crippen LogP contribution in [0.5, 0.6) is 0 Å². The smallest absolute Gasteiger partial charge is 0.350 e. The molecule has 32 heavy (non-hydrogen) atoms. The molecule has 170 valence electrons. The predicted molar refractivity (Wildman–Crippen MR) is 121 cm³/mol. The van der Waals surface area contributed by atoms with Gasteiger partial charge in [-0.05, 0) is 57.4 Å². The summed E-state index contributed by atoms with van der Waals surface area (Å²) < 4.78 is 20.3. The lowest BCUT2D eigenvalue weighted by Crippen LogP contribution is -2.30. The van der Waals surface area contributed by atoms with E-state index in [9.17, 15) is 14.0 Å². The molecule has 0 fully saturated rings. The molecule has 2 aromatic heterocycles. The van der Waals surface area contributed by atoms with Gasteiger partial charge in [-0.2, -0.15) is 5.10 Å². The lowest BCUT2D eigenvalue weighted by molar-refractivity contribution is -0.118. The molecule has 9 heteroatoms. The summed E-state index contributed by atoms with van der Waals surface area (Å²) in [6.07, 6.45) is 0.793. The van der Waals surface area contributed by atoms with Crippen molar-refractivity contribution in [2.24, 2.45) is 7.05 Å². The molecule has 0 spiro atoms. The summed E-state index contributed by atoms with van der Waals surface area (Å²) >= 11 is 1.13. The van der Waals surface area contributed by atoms with E-state index in [0.717, 1.165) is 33.9 Å². The first-order chi connectivity index (χ1) is 15.2. The third-order valence-electron chi connectivity index (χ3n) is 5.28. The zero-order valence-corrected chi connectivity index (χ0v) is 19.8. The van der Waals surface area contributed by atoms with Gasteiger partial charge in [0.2, 0.25) is 5.91 Å². The molecule has 0 aliphatic heterocycles. The number of esters is 1. The second-order valence-corrected chi connectivity index (χ2v) is 8.49. The van der Waals surface area contributed by atoms with Gasteiger partial charge < -0.3 is 4.74 Å². The molecule has 7 nitrogen and oxygen atoms in total. The van der Waals surface area contributed by atoms with Crippen molar-refractivity contribution in [1.29, 1.82) is 0 Å². The van der Waals surface area contributed by atoms with Crippen molar-refractivity contribution in [2.75, 3.05) is 11.5 Å². The Morgan fingerprint density at radius 3 is 2.44 bits per heavy atom. The van der Waals surface area contributed by atoms with Crippen molar-refractivity contribution >= 4 is 28.3 Å². The quantitative estimate of drug-likeness (QED) is 0.471. The van der Waals surface area contributed by atoms with E-state index in [2.05, 4.69) is 10.1 Å². The second kappa shape index (κ2) is 10.0. The minimum absolute atomic E-state index is 0.138. The summed E-state index contributed by atoms with van der Waals surface area (Å²) in [6.45, 7) is 7.84. The fourth-order valence-corrected chi connectivity index (χ4v) is 4.44. The van der Waals surface area contributed by atoms with Crippen LogP contribution in [-0.4, -0.2) is 33.2 Å². The number of amides is 1. The van der Waals surface area contributed by atoms with E-state index in [1.807, 2.05) is 20.9 Å². The van der Waals surface area contributed by atoms with E-state index in [-0.39, 0.29) is 31.3 Å². The van der Waals surface area contributed by atoms with E-state index >= 15 is 0 Å². The number of rotatable bonds is 8. The van der Waals surface area contributed by atoms with Crippen LogP contribution in [0.4, 0.5) is 9.52 Å². The maximum absolute atomic E-state index is 13.4. The van der Waals surface area contributed by atoms with Crippen LogP contribution in [0.1, 0.15) is 51.2 Å². The van der Waals surface area contributed by atoms with E-state index in [1.165, 1.54) is 12.1 Å². The lowest BCUT2D eigenvalue weighted by Gasteiger charge is -2.20. The average Bonchev–Trinajstić information content (AvgIpc) is 3.25. The molecule has 0 unspecified atom stereocenters. The number of nitrogens with zero attached hydrogens (tertiary/aromatic N) is 4. The molecule has 0 bridgehead atoms. The topological polar surface area (TPSA) is 77.3 Å². The van der Waals surface area contributed by atoms with Gasteiger partial charge in [-0.25, -0.2) is 14.2 Å². The van der Waals surface area contributed by atoms with Crippen LogP contribution in [-0.2, 0) is 29.5 Å². The van der Waals surface area contributed by atoms with Gasteiger partial charge in [-0.1, -0.05) is 23.5 Å². The third kappa shape index (κ3) is 5.21. The molecule has 0 atom stereocenters. The summed E-state index contributed by atoms with van der Waals surface area (Å²) in [5.74, 6) is -0.936. The summed E-state index contributed by atoms with van der Waals surface area (Å²) in [7, 11) is 1.88. The molecule has 0 N–H and O–H groups in total. The first-order valence-corrected chi connectivity index (χ1v) is 11.2. The lowest BCUT2D eigenvalue weighted by atomic mass is 10.1. The number of anilines is 1. The highest BCUT2D eigenvalue weighted by Gasteiger charge is 2.24. The van der Waals surface area contributed by atoms with Gasteiger partial charge in [-0.15, -0.1) is 0 Å². The van der Waals surface area contributed by atoms with Gasteiger partial charge in [0.1, 0.15) is 10.7 Å². The van der Waals surface area contributed by atoms with Gasteiger partial charge in [0.15, 0.2) is 5.13 Å². The van der Waals surface area contributed by atoms with E-state index < -0.39 is 5.97 Å². The number of hydrogen-bond acceptors (Lipinski definition) is 6. The number of benzene rings is 1. The van der Waals surface area contributed by atoms with Gasteiger partial charge in [-0.3, -0.25) is 14.4 Å². The molecule has 0 aliphatic rings. The maximum atomic E-state index is 13.4. The number of aryl methyl sites for hydroxylation is 3. The molecular formula is C23H27FN4O3S. The zero-order valence-electron chi connectivity index (χ0n) is 18.9. The van der Waals surface area contributed by atoms with Crippen molar-refractivity contribution in [3.8, 4) is 0 Å². The average molecular weight is 459 g/mol. The normalized spacial score (nSPS) is 10.9. The Kier molecular flexibility index (Phi) is 7.40. The SMILES string of the molecule is CCOC(=O)c1sc(N(Cc2ccc(F)cc2)C(=O)CCc2c(C)nn(C)c2C)nc1C. The second-order valence-electron chi connectivity index (χ2n) is 7.51. The fourth-order valence-electron chi connectivity index (χ4n) is 3.46. The Morgan fingerprint density at radius 1 is 1.16 bits per heavy atom. The van der Waals surface area contributed by atoms with Crippen molar-refractivity contribution in [1.82, 2.24) is 14.8 Å². The zero-order chi connectivity index (χ0) is 23.4. The van der Waals surface area contributed by atoms with Gasteiger partial charge in [0.25, 0.3) is 0 Å². The Morgan fingerprint density at radius 2 is 1.84 bits per heavy atom. The van der Waals surface area contributed by atoms with Crippen LogP contribution < -0.4 is 4.90 Å². The summed E-state index contributed by atoms with van der Waals surface area (Å²) in [4.78, 5) is 32.0. The molecule has 1 aromatic carbocycles. The summed E-state index contributed by atoms with van der Waals surface area (Å²) in [5, 5.41) is 4.83. The predicted octanol–water partition coefficient (Wildman–Crippen LogP) is 4.28. The van der Waals surface area contributed by atoms with Crippen molar-refractivity contribution in [2.45, 2.75) is 47.1 Å². The van der Waals surface area contributed by atoms with Crippen molar-refractivity contribution in [3.05, 3.63) is 63.2 Å². The standard InChI is InChI=1S/C23H27FN4O3S/c1-6-31-22(30)21-15(3)25-23(32-21)28(13-17-7-9-18(24)10-8-17)20(29)12-11-19-14(2)26-27(5)16(19)4/h7-10H,6,11-13H2,1-5H3. The number of thiazole rings is 1. The molecule has 2 heterocycles. The van der Waals surface area contributed by atoms with Crippen LogP contribution in [0, 0.1) is 26.6 Å². The Hall–Kier alpha value is -3.07. The number of halogens is 1. The number of hydrogen-bond donors (Lipinski definition) is 0. The Balaban J connectivity index is 1.88. The minimum Gasteiger partial charge on any atom is -0.462 e. The van der Waals surface area contributed by atoms with Crippen molar-refractivity contribution in [3.63, 3.8) is 0 Å². The highest BCUT2D eigenvalue weighted by Crippen LogP contribution is 2.29. The molecule has 3 rings (SSSR count). The molecule has 0 aliphatic carbocycles. The molecule has 3 aromatic rings. The summed E-state index contributed by atoms with van der Waals surface area (Å²) in [5.41, 5.74) is 4.25. The van der Waals surface area contributed by atoms with Crippen molar-refractivity contribution < 1.29 is 18.7 Å². The molecular weight excluding hydrogens is 431 g/mol. The van der Waals surface area contributed by atoms with Crippen LogP contribution in [0.2, 0.25) is 0 Å². The number of aromatic nitrogens is 3. The number of carbonyl (C=O) groups is 2. The van der Waals surface area contributed by atoms with Crippen LogP contribution in [0.25, 0.3) is 0 Å². The largest absolute Gasteiger partial charge is 0.462 e. The highest BCUT2D eigenvalue weighted by atomic mass is 32.1. The number of ether oxygens (including phenoxy) is 1. The van der Waals surface area contributed by atoms with Crippen LogP contribution >= 0.6 is 11.3 Å². The fraction of sp³-hybridized carbons (Fsp3) is 0.391. The highest BCUT2D eigenvalue weighted by molar-refractivity contribution is 7.17. The monoisotopic (exact) mass is 458 g/mol. The van der Waals surface area contributed by atoms with Crippen LogP contribution in [0.15, 0.2) is 24.3 Å². The first kappa shape index (κ1) is 23.6. The van der Waals surface area contributed by atoms with Crippen LogP contribution in [0.3, 0.4) is 0 Å².